The minimum atomic E-state index is 0. The quantitative estimate of drug-likeness (QED) is 0.302. The van der Waals surface area contributed by atoms with Crippen LogP contribution in [-0.2, 0) is 11.3 Å². The number of benzene rings is 1. The van der Waals surface area contributed by atoms with Crippen LogP contribution in [0.25, 0.3) is 11.3 Å². The molecule has 0 saturated carbocycles. The number of guanidine groups is 1. The van der Waals surface area contributed by atoms with Gasteiger partial charge in [0.1, 0.15) is 5.82 Å². The molecule has 1 aromatic carbocycles. The lowest BCUT2D eigenvalue weighted by Crippen LogP contribution is -2.52. The minimum Gasteiger partial charge on any atom is -0.379 e. The molecule has 0 amide bonds. The van der Waals surface area contributed by atoms with Gasteiger partial charge in [-0.3, -0.25) is 9.89 Å². The standard InChI is InChI=1S/C21H32N6O.HI/c1-16(2)19(27-9-11-28-12-10-27)14-24-21(22-3)25-15-20-23-13-18(26-20)17-7-5-4-6-8-17;/h4-8,13,16,19H,9-12,14-15H2,1-3H3,(H,23,26)(H2,22,24,25);1H. The van der Waals surface area contributed by atoms with Crippen LogP contribution in [0.1, 0.15) is 19.7 Å². The molecule has 160 valence electrons. The Hall–Kier alpha value is -1.65. The first-order chi connectivity index (χ1) is 13.7. The molecule has 1 fully saturated rings. The van der Waals surface area contributed by atoms with Crippen LogP contribution in [0.4, 0.5) is 0 Å². The van der Waals surface area contributed by atoms with E-state index in [-0.39, 0.29) is 24.0 Å². The summed E-state index contributed by atoms with van der Waals surface area (Å²) in [6, 6.07) is 10.7. The second-order valence-electron chi connectivity index (χ2n) is 7.38. The number of H-pyrrole nitrogens is 1. The highest BCUT2D eigenvalue weighted by atomic mass is 127. The fourth-order valence-corrected chi connectivity index (χ4v) is 3.50. The molecule has 1 aliphatic heterocycles. The molecule has 1 saturated heterocycles. The number of nitrogens with zero attached hydrogens (tertiary/aromatic N) is 3. The van der Waals surface area contributed by atoms with E-state index in [0.29, 0.717) is 18.5 Å². The Morgan fingerprint density at radius 1 is 1.21 bits per heavy atom. The molecule has 3 rings (SSSR count). The van der Waals surface area contributed by atoms with Crippen molar-refractivity contribution in [2.75, 3.05) is 39.9 Å². The lowest BCUT2D eigenvalue weighted by Gasteiger charge is -2.37. The fraction of sp³-hybridized carbons (Fsp3) is 0.524. The number of imidazole rings is 1. The van der Waals surface area contributed by atoms with Gasteiger partial charge < -0.3 is 20.4 Å². The average molecular weight is 512 g/mol. The Labute approximate surface area is 190 Å². The highest BCUT2D eigenvalue weighted by molar-refractivity contribution is 14.0. The predicted octanol–water partition coefficient (Wildman–Crippen LogP) is 2.72. The Balaban J connectivity index is 0.00000300. The highest BCUT2D eigenvalue weighted by Gasteiger charge is 2.23. The van der Waals surface area contributed by atoms with Gasteiger partial charge in [0, 0.05) is 32.7 Å². The summed E-state index contributed by atoms with van der Waals surface area (Å²) in [6.07, 6.45) is 1.87. The van der Waals surface area contributed by atoms with E-state index in [1.54, 1.807) is 7.05 Å². The first-order valence-corrected chi connectivity index (χ1v) is 10.0. The molecule has 0 radical (unpaired) electrons. The second kappa shape index (κ2) is 12.1. The van der Waals surface area contributed by atoms with E-state index in [1.807, 2.05) is 24.4 Å². The Kier molecular flexibility index (Phi) is 9.89. The van der Waals surface area contributed by atoms with Gasteiger partial charge in [-0.2, -0.15) is 0 Å². The maximum atomic E-state index is 5.49. The summed E-state index contributed by atoms with van der Waals surface area (Å²) in [6.45, 7) is 9.60. The fourth-order valence-electron chi connectivity index (χ4n) is 3.50. The molecule has 1 aliphatic rings. The smallest absolute Gasteiger partial charge is 0.191 e. The van der Waals surface area contributed by atoms with Crippen LogP contribution in [0.2, 0.25) is 0 Å². The lowest BCUT2D eigenvalue weighted by molar-refractivity contribution is 0.00752. The summed E-state index contributed by atoms with van der Waals surface area (Å²) in [7, 11) is 1.80. The van der Waals surface area contributed by atoms with E-state index >= 15 is 0 Å². The van der Waals surface area contributed by atoms with Gasteiger partial charge in [0.05, 0.1) is 31.6 Å². The van der Waals surface area contributed by atoms with Crippen LogP contribution in [0.5, 0.6) is 0 Å². The summed E-state index contributed by atoms with van der Waals surface area (Å²) in [5, 5.41) is 6.82. The van der Waals surface area contributed by atoms with Crippen LogP contribution >= 0.6 is 24.0 Å². The number of ether oxygens (including phenoxy) is 1. The van der Waals surface area contributed by atoms with Gasteiger partial charge in [-0.25, -0.2) is 4.98 Å². The van der Waals surface area contributed by atoms with E-state index < -0.39 is 0 Å². The molecule has 3 N–H and O–H groups in total. The molecule has 0 bridgehead atoms. The van der Waals surface area contributed by atoms with Gasteiger partial charge in [0.2, 0.25) is 0 Å². The third-order valence-electron chi connectivity index (χ3n) is 5.12. The number of hydrogen-bond acceptors (Lipinski definition) is 4. The first kappa shape index (κ1) is 23.6. The second-order valence-corrected chi connectivity index (χ2v) is 7.38. The summed E-state index contributed by atoms with van der Waals surface area (Å²) in [5.74, 6) is 2.23. The zero-order chi connectivity index (χ0) is 19.8. The van der Waals surface area contributed by atoms with E-state index in [0.717, 1.165) is 55.9 Å². The Bertz CT molecular complexity index is 743. The zero-order valence-corrected chi connectivity index (χ0v) is 19.8. The van der Waals surface area contributed by atoms with Crippen molar-refractivity contribution in [2.24, 2.45) is 10.9 Å². The van der Waals surface area contributed by atoms with Crippen molar-refractivity contribution in [3.05, 3.63) is 42.4 Å². The molecular formula is C21H33IN6O. The summed E-state index contributed by atoms with van der Waals surface area (Å²) in [5.41, 5.74) is 2.15. The van der Waals surface area contributed by atoms with Crippen molar-refractivity contribution in [3.63, 3.8) is 0 Å². The van der Waals surface area contributed by atoms with Crippen molar-refractivity contribution in [2.45, 2.75) is 26.4 Å². The highest BCUT2D eigenvalue weighted by Crippen LogP contribution is 2.16. The van der Waals surface area contributed by atoms with Crippen LogP contribution in [0.3, 0.4) is 0 Å². The van der Waals surface area contributed by atoms with Crippen LogP contribution in [0, 0.1) is 5.92 Å². The van der Waals surface area contributed by atoms with Crippen molar-refractivity contribution < 1.29 is 4.74 Å². The maximum Gasteiger partial charge on any atom is 0.191 e. The molecular weight excluding hydrogens is 479 g/mol. The number of hydrogen-bond donors (Lipinski definition) is 3. The summed E-state index contributed by atoms with van der Waals surface area (Å²) >= 11 is 0. The molecule has 8 heteroatoms. The molecule has 2 aromatic rings. The molecule has 1 atom stereocenters. The van der Waals surface area contributed by atoms with Gasteiger partial charge in [0.15, 0.2) is 5.96 Å². The third kappa shape index (κ3) is 6.97. The van der Waals surface area contributed by atoms with Gasteiger partial charge in [-0.05, 0) is 11.5 Å². The van der Waals surface area contributed by atoms with E-state index in [4.69, 9.17) is 4.74 Å². The number of morpholine rings is 1. The van der Waals surface area contributed by atoms with Crippen LogP contribution in [0.15, 0.2) is 41.5 Å². The molecule has 7 nitrogen and oxygen atoms in total. The zero-order valence-electron chi connectivity index (χ0n) is 17.5. The van der Waals surface area contributed by atoms with Crippen molar-refractivity contribution in [3.8, 4) is 11.3 Å². The Morgan fingerprint density at radius 2 is 1.93 bits per heavy atom. The van der Waals surface area contributed by atoms with Gasteiger partial charge >= 0.3 is 0 Å². The van der Waals surface area contributed by atoms with Crippen LogP contribution in [-0.4, -0.2) is 66.8 Å². The van der Waals surface area contributed by atoms with Gasteiger partial charge in [-0.15, -0.1) is 24.0 Å². The number of halogens is 1. The van der Waals surface area contributed by atoms with Crippen LogP contribution < -0.4 is 10.6 Å². The minimum absolute atomic E-state index is 0. The molecule has 2 heterocycles. The molecule has 0 aliphatic carbocycles. The number of nitrogens with one attached hydrogen (secondary N) is 3. The summed E-state index contributed by atoms with van der Waals surface area (Å²) < 4.78 is 5.49. The van der Waals surface area contributed by atoms with Gasteiger partial charge in [-0.1, -0.05) is 44.2 Å². The average Bonchev–Trinajstić information content (AvgIpc) is 3.21. The number of aromatic amines is 1. The monoisotopic (exact) mass is 512 g/mol. The maximum absolute atomic E-state index is 5.49. The molecule has 29 heavy (non-hydrogen) atoms. The predicted molar refractivity (Wildman–Crippen MR) is 129 cm³/mol. The largest absolute Gasteiger partial charge is 0.379 e. The van der Waals surface area contributed by atoms with Gasteiger partial charge in [0.25, 0.3) is 0 Å². The van der Waals surface area contributed by atoms with Crippen molar-refractivity contribution >= 4 is 29.9 Å². The van der Waals surface area contributed by atoms with E-state index in [2.05, 4.69) is 56.5 Å². The molecule has 1 unspecified atom stereocenters. The third-order valence-corrected chi connectivity index (χ3v) is 5.12. The van der Waals surface area contributed by atoms with Crippen molar-refractivity contribution in [1.82, 2.24) is 25.5 Å². The first-order valence-electron chi connectivity index (χ1n) is 10.0. The number of aromatic nitrogens is 2. The molecule has 1 aromatic heterocycles. The lowest BCUT2D eigenvalue weighted by atomic mass is 10.0. The normalized spacial score (nSPS) is 16.3. The van der Waals surface area contributed by atoms with E-state index in [9.17, 15) is 0 Å². The Morgan fingerprint density at radius 3 is 2.59 bits per heavy atom. The molecule has 0 spiro atoms. The van der Waals surface area contributed by atoms with Crippen molar-refractivity contribution in [1.29, 1.82) is 0 Å². The SMILES string of the molecule is CN=C(NCc1ncc(-c2ccccc2)[nH]1)NCC(C(C)C)N1CCOCC1.I. The number of rotatable bonds is 7. The summed E-state index contributed by atoms with van der Waals surface area (Å²) in [4.78, 5) is 14.7. The van der Waals surface area contributed by atoms with E-state index in [1.165, 1.54) is 0 Å². The topological polar surface area (TPSA) is 77.6 Å². The number of aliphatic imine (C=N–C) groups is 1.